The zero-order chi connectivity index (χ0) is 9.64. The van der Waals surface area contributed by atoms with Crippen LogP contribution in [0.3, 0.4) is 0 Å². The first-order valence-electron chi connectivity index (χ1n) is 6.36. The predicted octanol–water partition coefficient (Wildman–Crippen LogP) is 3.13. The third-order valence-corrected chi connectivity index (χ3v) is 3.51. The first kappa shape index (κ1) is 10.4. The molecule has 2 fully saturated rings. The molecule has 0 spiro atoms. The first-order valence-corrected chi connectivity index (χ1v) is 6.36. The minimum absolute atomic E-state index is 0.732. The van der Waals surface area contributed by atoms with Crippen LogP contribution in [0.25, 0.3) is 0 Å². The Morgan fingerprint density at radius 1 is 0.786 bits per heavy atom. The summed E-state index contributed by atoms with van der Waals surface area (Å²) in [6.07, 6.45) is 12.3. The van der Waals surface area contributed by atoms with E-state index in [1.165, 1.54) is 64.3 Å². The van der Waals surface area contributed by atoms with Crippen molar-refractivity contribution in [1.29, 1.82) is 0 Å². The standard InChI is InChI=1S/C12H23NO/c1-2-5-9-12(8-4-1)13-10-6-3-7-11-14-13/h12H,1-11H2. The van der Waals surface area contributed by atoms with Crippen LogP contribution in [0.15, 0.2) is 0 Å². The average molecular weight is 197 g/mol. The number of nitrogens with zero attached hydrogens (tertiary/aromatic N) is 1. The molecule has 1 aliphatic carbocycles. The monoisotopic (exact) mass is 197 g/mol. The molecule has 0 aromatic heterocycles. The fraction of sp³-hybridized carbons (Fsp3) is 1.00. The highest BCUT2D eigenvalue weighted by molar-refractivity contribution is 4.71. The second-order valence-electron chi connectivity index (χ2n) is 4.68. The molecular formula is C12H23NO. The van der Waals surface area contributed by atoms with Crippen LogP contribution in [0, 0.1) is 0 Å². The Kier molecular flexibility index (Phi) is 4.26. The Bertz CT molecular complexity index is 126. The van der Waals surface area contributed by atoms with Crippen molar-refractivity contribution in [1.82, 2.24) is 5.06 Å². The maximum absolute atomic E-state index is 5.83. The van der Waals surface area contributed by atoms with Crippen molar-refractivity contribution in [3.05, 3.63) is 0 Å². The summed E-state index contributed by atoms with van der Waals surface area (Å²) in [5.74, 6) is 0. The van der Waals surface area contributed by atoms with Gasteiger partial charge in [-0.05, 0) is 32.1 Å². The van der Waals surface area contributed by atoms with Gasteiger partial charge in [0.15, 0.2) is 0 Å². The summed E-state index contributed by atoms with van der Waals surface area (Å²) in [5, 5.41) is 2.30. The van der Waals surface area contributed by atoms with Crippen molar-refractivity contribution >= 4 is 0 Å². The number of hydrogen-bond donors (Lipinski definition) is 0. The van der Waals surface area contributed by atoms with E-state index in [1.807, 2.05) is 0 Å². The highest BCUT2D eigenvalue weighted by Gasteiger charge is 2.21. The van der Waals surface area contributed by atoms with Gasteiger partial charge in [0.2, 0.25) is 0 Å². The lowest BCUT2D eigenvalue weighted by atomic mass is 10.1. The van der Waals surface area contributed by atoms with Gasteiger partial charge in [0.05, 0.1) is 6.61 Å². The largest absolute Gasteiger partial charge is 0.299 e. The summed E-state index contributed by atoms with van der Waals surface area (Å²) < 4.78 is 0. The van der Waals surface area contributed by atoms with E-state index < -0.39 is 0 Å². The van der Waals surface area contributed by atoms with Gasteiger partial charge >= 0.3 is 0 Å². The van der Waals surface area contributed by atoms with Gasteiger partial charge in [0.25, 0.3) is 0 Å². The Balaban J connectivity index is 1.83. The minimum atomic E-state index is 0.732. The van der Waals surface area contributed by atoms with E-state index in [4.69, 9.17) is 4.84 Å². The smallest absolute Gasteiger partial charge is 0.0685 e. The molecule has 0 amide bonds. The fourth-order valence-corrected chi connectivity index (χ4v) is 2.63. The maximum atomic E-state index is 5.83. The highest BCUT2D eigenvalue weighted by atomic mass is 16.7. The van der Waals surface area contributed by atoms with E-state index in [0.717, 1.165) is 12.6 Å². The normalized spacial score (nSPS) is 28.3. The van der Waals surface area contributed by atoms with Gasteiger partial charge in [-0.3, -0.25) is 4.84 Å². The maximum Gasteiger partial charge on any atom is 0.0685 e. The van der Waals surface area contributed by atoms with E-state index in [1.54, 1.807) is 0 Å². The number of rotatable bonds is 1. The van der Waals surface area contributed by atoms with Gasteiger partial charge in [0, 0.05) is 12.6 Å². The zero-order valence-electron chi connectivity index (χ0n) is 9.21. The van der Waals surface area contributed by atoms with Crippen molar-refractivity contribution < 1.29 is 4.84 Å². The molecule has 0 aromatic rings. The molecule has 2 heteroatoms. The molecule has 0 radical (unpaired) electrons. The van der Waals surface area contributed by atoms with Crippen LogP contribution in [-0.4, -0.2) is 24.3 Å². The van der Waals surface area contributed by atoms with Crippen LogP contribution >= 0.6 is 0 Å². The Hall–Kier alpha value is -0.0800. The molecule has 0 unspecified atom stereocenters. The van der Waals surface area contributed by atoms with Gasteiger partial charge < -0.3 is 0 Å². The van der Waals surface area contributed by atoms with Gasteiger partial charge in [-0.1, -0.05) is 25.7 Å². The molecule has 1 heterocycles. The first-order chi connectivity index (χ1) is 6.97. The summed E-state index contributed by atoms with van der Waals surface area (Å²) in [7, 11) is 0. The van der Waals surface area contributed by atoms with Crippen molar-refractivity contribution in [2.45, 2.75) is 63.8 Å². The molecule has 14 heavy (non-hydrogen) atoms. The highest BCUT2D eigenvalue weighted by Crippen LogP contribution is 2.23. The molecule has 0 aromatic carbocycles. The molecule has 2 nitrogen and oxygen atoms in total. The molecule has 82 valence electrons. The van der Waals surface area contributed by atoms with E-state index >= 15 is 0 Å². The molecule has 0 atom stereocenters. The molecule has 1 aliphatic heterocycles. The summed E-state index contributed by atoms with van der Waals surface area (Å²) in [5.41, 5.74) is 0. The summed E-state index contributed by atoms with van der Waals surface area (Å²) >= 11 is 0. The molecule has 2 rings (SSSR count). The molecule has 1 saturated heterocycles. The van der Waals surface area contributed by atoms with Crippen LogP contribution in [0.2, 0.25) is 0 Å². The quantitative estimate of drug-likeness (QED) is 0.599. The third kappa shape index (κ3) is 2.96. The SMILES string of the molecule is C1CCCC(N2CCCCCO2)CC1. The molecular weight excluding hydrogens is 174 g/mol. The summed E-state index contributed by atoms with van der Waals surface area (Å²) in [4.78, 5) is 5.83. The van der Waals surface area contributed by atoms with E-state index in [9.17, 15) is 0 Å². The summed E-state index contributed by atoms with van der Waals surface area (Å²) in [6, 6.07) is 0.732. The Morgan fingerprint density at radius 2 is 1.50 bits per heavy atom. The van der Waals surface area contributed by atoms with Gasteiger partial charge in [-0.25, -0.2) is 0 Å². The van der Waals surface area contributed by atoms with Gasteiger partial charge in [0.1, 0.15) is 0 Å². The van der Waals surface area contributed by atoms with E-state index in [0.29, 0.717) is 0 Å². The van der Waals surface area contributed by atoms with Gasteiger partial charge in [-0.15, -0.1) is 0 Å². The van der Waals surface area contributed by atoms with Crippen LogP contribution in [0.1, 0.15) is 57.8 Å². The van der Waals surface area contributed by atoms with Gasteiger partial charge in [-0.2, -0.15) is 5.06 Å². The molecule has 0 bridgehead atoms. The second kappa shape index (κ2) is 5.72. The Labute approximate surface area is 87.6 Å². The van der Waals surface area contributed by atoms with E-state index in [2.05, 4.69) is 5.06 Å². The van der Waals surface area contributed by atoms with E-state index in [-0.39, 0.29) is 0 Å². The number of hydrogen-bond acceptors (Lipinski definition) is 2. The van der Waals surface area contributed by atoms with Crippen molar-refractivity contribution in [3.63, 3.8) is 0 Å². The number of hydroxylamine groups is 2. The molecule has 1 saturated carbocycles. The van der Waals surface area contributed by atoms with Crippen LogP contribution in [0.4, 0.5) is 0 Å². The van der Waals surface area contributed by atoms with Crippen LogP contribution < -0.4 is 0 Å². The fourth-order valence-electron chi connectivity index (χ4n) is 2.63. The molecule has 0 N–H and O–H groups in total. The van der Waals surface area contributed by atoms with Crippen molar-refractivity contribution in [3.8, 4) is 0 Å². The Morgan fingerprint density at radius 3 is 2.29 bits per heavy atom. The third-order valence-electron chi connectivity index (χ3n) is 3.51. The lowest BCUT2D eigenvalue weighted by Gasteiger charge is -2.28. The topological polar surface area (TPSA) is 12.5 Å². The minimum Gasteiger partial charge on any atom is -0.299 e. The zero-order valence-corrected chi connectivity index (χ0v) is 9.21. The predicted molar refractivity (Wildman–Crippen MR) is 58.0 cm³/mol. The van der Waals surface area contributed by atoms with Crippen LogP contribution in [-0.2, 0) is 4.84 Å². The van der Waals surface area contributed by atoms with Crippen molar-refractivity contribution in [2.75, 3.05) is 13.2 Å². The average Bonchev–Trinajstić information content (AvgIpc) is 2.62. The summed E-state index contributed by atoms with van der Waals surface area (Å²) in [6.45, 7) is 2.13. The second-order valence-corrected chi connectivity index (χ2v) is 4.68. The lowest BCUT2D eigenvalue weighted by molar-refractivity contribution is -0.182. The van der Waals surface area contributed by atoms with Crippen LogP contribution in [0.5, 0.6) is 0 Å². The lowest BCUT2D eigenvalue weighted by Crippen LogP contribution is -2.35. The molecule has 2 aliphatic rings. The van der Waals surface area contributed by atoms with Crippen molar-refractivity contribution in [2.24, 2.45) is 0 Å².